The van der Waals surface area contributed by atoms with Crippen molar-refractivity contribution in [2.75, 3.05) is 24.6 Å². The molecule has 1 unspecified atom stereocenters. The lowest BCUT2D eigenvalue weighted by atomic mass is 9.98. The van der Waals surface area contributed by atoms with Gasteiger partial charge in [-0.05, 0) is 53.5 Å². The highest BCUT2D eigenvalue weighted by atomic mass is 127. The fourth-order valence-electron chi connectivity index (χ4n) is 2.29. The van der Waals surface area contributed by atoms with Crippen LogP contribution in [0.2, 0.25) is 0 Å². The van der Waals surface area contributed by atoms with Gasteiger partial charge in [-0.3, -0.25) is 10.1 Å². The van der Waals surface area contributed by atoms with E-state index in [1.807, 2.05) is 28.7 Å². The molecule has 0 amide bonds. The lowest BCUT2D eigenvalue weighted by molar-refractivity contribution is -0.385. The number of halogens is 1. The van der Waals surface area contributed by atoms with Crippen LogP contribution < -0.4 is 4.90 Å². The van der Waals surface area contributed by atoms with E-state index in [1.54, 1.807) is 12.1 Å². The third kappa shape index (κ3) is 2.92. The van der Waals surface area contributed by atoms with E-state index < -0.39 is 0 Å². The van der Waals surface area contributed by atoms with Crippen molar-refractivity contribution in [1.29, 1.82) is 0 Å². The molecule has 1 atom stereocenters. The summed E-state index contributed by atoms with van der Waals surface area (Å²) >= 11 is 1.99. The number of anilines is 1. The average Bonchev–Trinajstić information content (AvgIpc) is 2.38. The van der Waals surface area contributed by atoms with Gasteiger partial charge in [0.15, 0.2) is 0 Å². The van der Waals surface area contributed by atoms with Crippen LogP contribution in [0, 0.1) is 19.6 Å². The molecule has 0 radical (unpaired) electrons. The fourth-order valence-corrected chi connectivity index (χ4v) is 2.98. The van der Waals surface area contributed by atoms with E-state index in [0.29, 0.717) is 9.49 Å². The molecule has 0 aromatic heterocycles. The molecular formula is C12H15IN2O3. The number of hydrogen-bond donors (Lipinski definition) is 1. The number of nitrogens with zero attached hydrogens (tertiary/aromatic N) is 2. The van der Waals surface area contributed by atoms with Gasteiger partial charge in [-0.25, -0.2) is 0 Å². The lowest BCUT2D eigenvalue weighted by Gasteiger charge is -2.33. The zero-order chi connectivity index (χ0) is 13.1. The summed E-state index contributed by atoms with van der Waals surface area (Å²) < 4.78 is 0.654. The minimum Gasteiger partial charge on any atom is -0.396 e. The van der Waals surface area contributed by atoms with Gasteiger partial charge < -0.3 is 10.0 Å². The van der Waals surface area contributed by atoms with Crippen LogP contribution in [0.5, 0.6) is 0 Å². The topological polar surface area (TPSA) is 66.6 Å². The predicted octanol–water partition coefficient (Wildman–Crippen LogP) is 2.41. The van der Waals surface area contributed by atoms with E-state index >= 15 is 0 Å². The molecule has 1 aromatic carbocycles. The number of aliphatic hydroxyl groups is 1. The number of nitro groups is 1. The standard InChI is InChI=1S/C12H15IN2O3/c13-11-6-10(3-4-12(11)15(17)18)14-5-1-2-9(7-14)8-16/h3-4,6,9,16H,1-2,5,7-8H2. The Balaban J connectivity index is 2.18. The third-order valence-electron chi connectivity index (χ3n) is 3.27. The first-order chi connectivity index (χ1) is 8.61. The molecule has 1 fully saturated rings. The summed E-state index contributed by atoms with van der Waals surface area (Å²) in [5.74, 6) is 0.312. The quantitative estimate of drug-likeness (QED) is 0.510. The lowest BCUT2D eigenvalue weighted by Crippen LogP contribution is -2.36. The Morgan fingerprint density at radius 3 is 2.94 bits per heavy atom. The third-order valence-corrected chi connectivity index (χ3v) is 4.13. The van der Waals surface area contributed by atoms with Gasteiger partial charge in [-0.2, -0.15) is 0 Å². The first-order valence-electron chi connectivity index (χ1n) is 5.91. The maximum absolute atomic E-state index is 10.8. The summed E-state index contributed by atoms with van der Waals surface area (Å²) in [6.07, 6.45) is 2.11. The summed E-state index contributed by atoms with van der Waals surface area (Å²) in [6, 6.07) is 5.19. The van der Waals surface area contributed by atoms with Crippen LogP contribution in [0.1, 0.15) is 12.8 Å². The summed E-state index contributed by atoms with van der Waals surface area (Å²) in [5.41, 5.74) is 1.15. The van der Waals surface area contributed by atoms with Crippen molar-refractivity contribution in [3.63, 3.8) is 0 Å². The highest BCUT2D eigenvalue weighted by molar-refractivity contribution is 14.1. The Morgan fingerprint density at radius 1 is 1.56 bits per heavy atom. The van der Waals surface area contributed by atoms with Crippen molar-refractivity contribution in [3.05, 3.63) is 31.9 Å². The number of benzene rings is 1. The van der Waals surface area contributed by atoms with Gasteiger partial charge in [0.1, 0.15) is 0 Å². The van der Waals surface area contributed by atoms with E-state index in [-0.39, 0.29) is 17.2 Å². The number of hydrogen-bond acceptors (Lipinski definition) is 4. The largest absolute Gasteiger partial charge is 0.396 e. The molecular weight excluding hydrogens is 347 g/mol. The zero-order valence-corrected chi connectivity index (χ0v) is 12.0. The minimum atomic E-state index is -0.363. The predicted molar refractivity (Wildman–Crippen MR) is 77.8 cm³/mol. The van der Waals surface area contributed by atoms with Crippen molar-refractivity contribution >= 4 is 34.0 Å². The molecule has 1 aliphatic rings. The van der Waals surface area contributed by atoms with Crippen LogP contribution in [0.4, 0.5) is 11.4 Å². The average molecular weight is 362 g/mol. The normalized spacial score (nSPS) is 19.9. The first kappa shape index (κ1) is 13.5. The second-order valence-corrected chi connectivity index (χ2v) is 5.69. The molecule has 2 rings (SSSR count). The maximum atomic E-state index is 10.8. The van der Waals surface area contributed by atoms with Crippen molar-refractivity contribution in [3.8, 4) is 0 Å². The summed E-state index contributed by atoms with van der Waals surface area (Å²) in [7, 11) is 0. The van der Waals surface area contributed by atoms with Crippen LogP contribution in [0.25, 0.3) is 0 Å². The fraction of sp³-hybridized carbons (Fsp3) is 0.500. The maximum Gasteiger partial charge on any atom is 0.282 e. The Morgan fingerprint density at radius 2 is 2.33 bits per heavy atom. The van der Waals surface area contributed by atoms with Gasteiger partial charge in [0.25, 0.3) is 5.69 Å². The van der Waals surface area contributed by atoms with Crippen molar-refractivity contribution < 1.29 is 10.0 Å². The van der Waals surface area contributed by atoms with Crippen molar-refractivity contribution in [2.45, 2.75) is 12.8 Å². The molecule has 98 valence electrons. The Kier molecular flexibility index (Phi) is 4.39. The molecule has 0 aliphatic carbocycles. The van der Waals surface area contributed by atoms with Crippen molar-refractivity contribution in [1.82, 2.24) is 0 Å². The van der Waals surface area contributed by atoms with Gasteiger partial charge >= 0.3 is 0 Å². The van der Waals surface area contributed by atoms with E-state index in [9.17, 15) is 15.2 Å². The molecule has 0 spiro atoms. The number of rotatable bonds is 3. The summed E-state index contributed by atoms with van der Waals surface area (Å²) in [5, 5.41) is 20.0. The number of piperidine rings is 1. The Labute approximate surface area is 119 Å². The SMILES string of the molecule is O=[N+]([O-])c1ccc(N2CCCC(CO)C2)cc1I. The van der Waals surface area contributed by atoms with Gasteiger partial charge in [0.2, 0.25) is 0 Å². The Hall–Kier alpha value is -0.890. The van der Waals surface area contributed by atoms with E-state index in [2.05, 4.69) is 4.90 Å². The van der Waals surface area contributed by atoms with Crippen LogP contribution in [0.15, 0.2) is 18.2 Å². The first-order valence-corrected chi connectivity index (χ1v) is 6.99. The smallest absolute Gasteiger partial charge is 0.282 e. The molecule has 6 heteroatoms. The minimum absolute atomic E-state index is 0.148. The molecule has 0 bridgehead atoms. The molecule has 1 aromatic rings. The molecule has 1 aliphatic heterocycles. The van der Waals surface area contributed by atoms with Crippen LogP contribution >= 0.6 is 22.6 Å². The molecule has 1 saturated heterocycles. The zero-order valence-electron chi connectivity index (χ0n) is 9.88. The highest BCUT2D eigenvalue weighted by Gasteiger charge is 2.21. The molecule has 18 heavy (non-hydrogen) atoms. The summed E-state index contributed by atoms with van der Waals surface area (Å²) in [4.78, 5) is 12.6. The highest BCUT2D eigenvalue weighted by Crippen LogP contribution is 2.29. The molecule has 5 nitrogen and oxygen atoms in total. The monoisotopic (exact) mass is 362 g/mol. The van der Waals surface area contributed by atoms with Gasteiger partial charge in [-0.15, -0.1) is 0 Å². The Bertz CT molecular complexity index is 453. The van der Waals surface area contributed by atoms with Gasteiger partial charge in [0, 0.05) is 31.5 Å². The molecule has 0 saturated carbocycles. The van der Waals surface area contributed by atoms with Crippen LogP contribution in [0.3, 0.4) is 0 Å². The molecule has 1 heterocycles. The van der Waals surface area contributed by atoms with E-state index in [4.69, 9.17) is 0 Å². The second kappa shape index (κ2) is 5.83. The number of nitro benzene ring substituents is 1. The summed E-state index contributed by atoms with van der Waals surface area (Å²) in [6.45, 7) is 1.98. The van der Waals surface area contributed by atoms with Crippen molar-refractivity contribution in [2.24, 2.45) is 5.92 Å². The number of aliphatic hydroxyl groups excluding tert-OH is 1. The van der Waals surface area contributed by atoms with Crippen LogP contribution in [-0.4, -0.2) is 29.7 Å². The molecule has 1 N–H and O–H groups in total. The van der Waals surface area contributed by atoms with Gasteiger partial charge in [-0.1, -0.05) is 0 Å². The van der Waals surface area contributed by atoms with Crippen LogP contribution in [-0.2, 0) is 0 Å². The van der Waals surface area contributed by atoms with Gasteiger partial charge in [0.05, 0.1) is 8.49 Å². The second-order valence-electron chi connectivity index (χ2n) is 4.53. The van der Waals surface area contributed by atoms with E-state index in [0.717, 1.165) is 31.6 Å². The van der Waals surface area contributed by atoms with E-state index in [1.165, 1.54) is 0 Å².